The molecule has 0 amide bonds. The maximum Gasteiger partial charge on any atom is 0.143 e. The second-order valence-corrected chi connectivity index (χ2v) is 11.5. The van der Waals surface area contributed by atoms with Crippen LogP contribution in [0.2, 0.25) is 0 Å². The average Bonchev–Trinajstić information content (AvgIpc) is 3.71. The maximum atomic E-state index is 9.95. The van der Waals surface area contributed by atoms with Gasteiger partial charge in [0.25, 0.3) is 0 Å². The van der Waals surface area contributed by atoms with Gasteiger partial charge in [-0.05, 0) is 71.7 Å². The Bertz CT molecular complexity index is 3740. The summed E-state index contributed by atoms with van der Waals surface area (Å²) in [6.07, 6.45) is 0. The molecule has 0 bridgehead atoms. The molecule has 0 saturated heterocycles. The number of furan rings is 1. The fraction of sp³-hybridized carbons (Fsp3) is 0. The minimum absolute atomic E-state index is 0.158. The summed E-state index contributed by atoms with van der Waals surface area (Å²) in [6.45, 7) is 0. The van der Waals surface area contributed by atoms with Crippen molar-refractivity contribution in [2.24, 2.45) is 0 Å². The Morgan fingerprint density at radius 3 is 1.55 bits per heavy atom. The van der Waals surface area contributed by atoms with Gasteiger partial charge >= 0.3 is 0 Å². The molecule has 10 rings (SSSR count). The third-order valence-electron chi connectivity index (χ3n) is 8.87. The Morgan fingerprint density at radius 1 is 0.347 bits per heavy atom. The summed E-state index contributed by atoms with van der Waals surface area (Å²) < 4.78 is 160. The van der Waals surface area contributed by atoms with Gasteiger partial charge in [-0.25, -0.2) is 0 Å². The van der Waals surface area contributed by atoms with Gasteiger partial charge < -0.3 is 4.42 Å². The molecule has 1 heteroatoms. The minimum Gasteiger partial charge on any atom is -0.455 e. The molecule has 1 nitrogen and oxygen atoms in total. The quantitative estimate of drug-likeness (QED) is 0.175. The number of hydrogen-bond donors (Lipinski definition) is 0. The van der Waals surface area contributed by atoms with E-state index in [1.807, 2.05) is 60.7 Å². The third kappa shape index (κ3) is 4.33. The van der Waals surface area contributed by atoms with Crippen LogP contribution < -0.4 is 0 Å². The molecule has 0 fully saturated rings. The van der Waals surface area contributed by atoms with Crippen LogP contribution in [-0.4, -0.2) is 0 Å². The minimum atomic E-state index is -0.827. The maximum absolute atomic E-state index is 9.95. The Hall–Kier alpha value is -6.44. The van der Waals surface area contributed by atoms with Gasteiger partial charge in [-0.3, -0.25) is 0 Å². The zero-order chi connectivity index (χ0) is 47.1. The van der Waals surface area contributed by atoms with Crippen LogP contribution in [0.4, 0.5) is 0 Å². The van der Waals surface area contributed by atoms with Crippen LogP contribution in [0.1, 0.15) is 23.3 Å². The van der Waals surface area contributed by atoms with E-state index in [2.05, 4.69) is 0 Å². The fourth-order valence-corrected chi connectivity index (χ4v) is 6.79. The second-order valence-electron chi connectivity index (χ2n) is 11.5. The number of hydrogen-bond acceptors (Lipinski definition) is 1. The molecule has 0 atom stereocenters. The highest BCUT2D eigenvalue weighted by molar-refractivity contribution is 6.22. The standard InChI is InChI=1S/C48H30O/c1-2-15-32(16-3-1)45-38-21-6-8-23-40(38)46(41-24-9-7-22-39(41)45)34-19-10-18-33(30-34)36-25-12-28-43-44-29-13-27-42(48(44)49-47(36)43)37-26-11-17-31-14-4-5-20-35(31)37/h1-30H/i1D,2D,3D,6D,7D,8D,9D,10D,15D,16D,18D,19D,21D,22D,23D,24D,30D. The van der Waals surface area contributed by atoms with Crippen molar-refractivity contribution in [3.63, 3.8) is 0 Å². The van der Waals surface area contributed by atoms with Crippen molar-refractivity contribution in [2.75, 3.05) is 0 Å². The molecule has 0 unspecified atom stereocenters. The van der Waals surface area contributed by atoms with Crippen molar-refractivity contribution in [3.8, 4) is 44.5 Å². The van der Waals surface area contributed by atoms with Crippen molar-refractivity contribution < 1.29 is 27.7 Å². The predicted molar refractivity (Wildman–Crippen MR) is 208 cm³/mol. The molecule has 1 aromatic heterocycles. The Labute approximate surface area is 308 Å². The molecule has 1 heterocycles. The van der Waals surface area contributed by atoms with E-state index in [0.717, 1.165) is 21.9 Å². The van der Waals surface area contributed by atoms with E-state index in [1.54, 1.807) is 18.2 Å². The van der Waals surface area contributed by atoms with Gasteiger partial charge in [0.2, 0.25) is 0 Å². The first-order chi connectivity index (χ1) is 31.4. The van der Waals surface area contributed by atoms with E-state index in [9.17, 15) is 11.0 Å². The Balaban J connectivity index is 1.39. The molecule has 228 valence electrons. The topological polar surface area (TPSA) is 13.1 Å². The highest BCUT2D eigenvalue weighted by atomic mass is 16.3. The Kier molecular flexibility index (Phi) is 3.54. The molecule has 10 aromatic rings. The van der Waals surface area contributed by atoms with Crippen LogP contribution in [0, 0.1) is 0 Å². The molecule has 9 aromatic carbocycles. The van der Waals surface area contributed by atoms with E-state index >= 15 is 0 Å². The first-order valence-corrected chi connectivity index (χ1v) is 15.5. The number of benzene rings is 9. The zero-order valence-corrected chi connectivity index (χ0v) is 25.4. The van der Waals surface area contributed by atoms with Gasteiger partial charge in [0, 0.05) is 21.9 Å². The molecule has 0 saturated carbocycles. The predicted octanol–water partition coefficient (Wildman–Crippen LogP) is 13.7. The molecule has 0 aliphatic rings. The summed E-state index contributed by atoms with van der Waals surface area (Å²) in [5.41, 5.74) is 0.162. The van der Waals surface area contributed by atoms with Crippen molar-refractivity contribution >= 4 is 54.3 Å². The fourth-order valence-electron chi connectivity index (χ4n) is 6.79. The normalized spacial score (nSPS) is 16.5. The molecule has 49 heavy (non-hydrogen) atoms. The molecular formula is C48H30O. The van der Waals surface area contributed by atoms with Gasteiger partial charge in [0.1, 0.15) is 11.2 Å². The lowest BCUT2D eigenvalue weighted by molar-refractivity contribution is 0.671. The summed E-state index contributed by atoms with van der Waals surface area (Å²) >= 11 is 0. The first-order valence-electron chi connectivity index (χ1n) is 24.0. The first kappa shape index (κ1) is 15.6. The van der Waals surface area contributed by atoms with Crippen molar-refractivity contribution in [3.05, 3.63) is 182 Å². The van der Waals surface area contributed by atoms with Gasteiger partial charge in [0.05, 0.1) is 23.3 Å². The van der Waals surface area contributed by atoms with E-state index in [1.165, 1.54) is 0 Å². The summed E-state index contributed by atoms with van der Waals surface area (Å²) in [7, 11) is 0. The van der Waals surface area contributed by atoms with E-state index in [0.29, 0.717) is 16.4 Å². The van der Waals surface area contributed by atoms with Gasteiger partial charge in [-0.2, -0.15) is 0 Å². The van der Waals surface area contributed by atoms with Crippen LogP contribution in [0.25, 0.3) is 98.8 Å². The summed E-state index contributed by atoms with van der Waals surface area (Å²) in [5.74, 6) is 0. The van der Waals surface area contributed by atoms with Crippen molar-refractivity contribution in [1.29, 1.82) is 0 Å². The van der Waals surface area contributed by atoms with Crippen molar-refractivity contribution in [1.82, 2.24) is 0 Å². The zero-order valence-electron chi connectivity index (χ0n) is 42.4. The average molecular weight is 640 g/mol. The monoisotopic (exact) mass is 639 g/mol. The Morgan fingerprint density at radius 2 is 0.837 bits per heavy atom. The third-order valence-corrected chi connectivity index (χ3v) is 8.87. The van der Waals surface area contributed by atoms with Crippen LogP contribution in [0.5, 0.6) is 0 Å². The summed E-state index contributed by atoms with van der Waals surface area (Å²) in [5, 5.41) is 1.21. The van der Waals surface area contributed by atoms with Crippen LogP contribution in [-0.2, 0) is 0 Å². The van der Waals surface area contributed by atoms with Crippen molar-refractivity contribution in [2.45, 2.75) is 0 Å². The van der Waals surface area contributed by atoms with Crippen LogP contribution >= 0.6 is 0 Å². The largest absolute Gasteiger partial charge is 0.455 e. The summed E-state index contributed by atoms with van der Waals surface area (Å²) in [6, 6.07) is 11.3. The molecule has 0 radical (unpaired) electrons. The summed E-state index contributed by atoms with van der Waals surface area (Å²) in [4.78, 5) is 0. The SMILES string of the molecule is [2H]c1c([2H])c([2H])c(-c2c3c([2H])c([2H])c([2H])c([2H])c3c(-c3c([2H])c([2H])c([2H])c(-c4cccc5c4oc4c(-c6cccc7ccccc67)cccc45)c3[2H])c3c([2H])c([2H])c([2H])c([2H])c23)c([2H])c1[2H]. The molecule has 0 aliphatic heterocycles. The number of fused-ring (bicyclic) bond motifs is 6. The van der Waals surface area contributed by atoms with E-state index in [-0.39, 0.29) is 16.7 Å². The smallest absolute Gasteiger partial charge is 0.143 e. The van der Waals surface area contributed by atoms with Crippen LogP contribution in [0.15, 0.2) is 186 Å². The molecule has 0 spiro atoms. The molecular weight excluding hydrogens is 593 g/mol. The lowest BCUT2D eigenvalue weighted by atomic mass is 9.85. The highest BCUT2D eigenvalue weighted by Gasteiger charge is 2.19. The highest BCUT2D eigenvalue weighted by Crippen LogP contribution is 2.45. The van der Waals surface area contributed by atoms with Crippen LogP contribution in [0.3, 0.4) is 0 Å². The second kappa shape index (κ2) is 11.1. The molecule has 0 aliphatic carbocycles. The van der Waals surface area contributed by atoms with Gasteiger partial charge in [-0.1, -0.05) is 176 Å². The number of para-hydroxylation sites is 2. The molecule has 0 N–H and O–H groups in total. The van der Waals surface area contributed by atoms with E-state index in [4.69, 9.17) is 16.8 Å². The van der Waals surface area contributed by atoms with Gasteiger partial charge in [0.15, 0.2) is 0 Å². The van der Waals surface area contributed by atoms with Gasteiger partial charge in [-0.15, -0.1) is 0 Å². The van der Waals surface area contributed by atoms with E-state index < -0.39 is 147 Å². The lowest BCUT2D eigenvalue weighted by Crippen LogP contribution is -1.91. The lowest BCUT2D eigenvalue weighted by Gasteiger charge is -2.18. The number of rotatable bonds is 4.